The lowest BCUT2D eigenvalue weighted by Gasteiger charge is -2.20. The van der Waals surface area contributed by atoms with E-state index in [4.69, 9.17) is 0 Å². The van der Waals surface area contributed by atoms with Crippen LogP contribution in [0.1, 0.15) is 71.1 Å². The lowest BCUT2D eigenvalue weighted by atomic mass is 10.1. The van der Waals surface area contributed by atoms with Gasteiger partial charge < -0.3 is 0 Å². The van der Waals surface area contributed by atoms with Crippen molar-refractivity contribution in [3.05, 3.63) is 12.3 Å². The number of hydrazine groups is 1. The first kappa shape index (κ1) is 15.1. The quantitative estimate of drug-likeness (QED) is 0.557. The number of allylic oxidation sites excluding steroid dienone is 1. The van der Waals surface area contributed by atoms with Crippen molar-refractivity contribution in [1.82, 2.24) is 10.5 Å². The van der Waals surface area contributed by atoms with Gasteiger partial charge in [0.25, 0.3) is 0 Å². The van der Waals surface area contributed by atoms with Crippen molar-refractivity contribution < 1.29 is 0 Å². The number of hydrogen-bond donors (Lipinski definition) is 1. The molecule has 3 nitrogen and oxygen atoms in total. The summed E-state index contributed by atoms with van der Waals surface area (Å²) in [7, 11) is 0. The number of hydrogen-bond acceptors (Lipinski definition) is 3. The maximum atomic E-state index is 3.99. The van der Waals surface area contributed by atoms with Gasteiger partial charge in [0.2, 0.25) is 0 Å². The van der Waals surface area contributed by atoms with Gasteiger partial charge in [-0.05, 0) is 12.5 Å². The second kappa shape index (κ2) is 11.1. The molecule has 0 aromatic carbocycles. The molecule has 18 heavy (non-hydrogen) atoms. The molecule has 0 fully saturated rings. The van der Waals surface area contributed by atoms with E-state index in [9.17, 15) is 0 Å². The first-order valence-corrected chi connectivity index (χ1v) is 7.65. The van der Waals surface area contributed by atoms with Crippen molar-refractivity contribution in [2.24, 2.45) is 5.10 Å². The number of nitrogens with zero attached hydrogens (tertiary/aromatic N) is 2. The van der Waals surface area contributed by atoms with Crippen LogP contribution in [0.25, 0.3) is 0 Å². The van der Waals surface area contributed by atoms with Gasteiger partial charge >= 0.3 is 0 Å². The van der Waals surface area contributed by atoms with E-state index >= 15 is 0 Å². The van der Waals surface area contributed by atoms with Crippen molar-refractivity contribution in [1.29, 1.82) is 0 Å². The Morgan fingerprint density at radius 3 is 2.06 bits per heavy atom. The first-order valence-electron chi connectivity index (χ1n) is 7.65. The summed E-state index contributed by atoms with van der Waals surface area (Å²) < 4.78 is 0. The van der Waals surface area contributed by atoms with Crippen molar-refractivity contribution in [2.75, 3.05) is 6.54 Å². The highest BCUT2D eigenvalue weighted by molar-refractivity contribution is 5.70. The van der Waals surface area contributed by atoms with Crippen LogP contribution in [0.3, 0.4) is 0 Å². The highest BCUT2D eigenvalue weighted by atomic mass is 15.6. The van der Waals surface area contributed by atoms with Crippen LogP contribution >= 0.6 is 0 Å². The first-order chi connectivity index (χ1) is 8.93. The summed E-state index contributed by atoms with van der Waals surface area (Å²) in [5, 5.41) is 6.03. The Bertz CT molecular complexity index is 236. The van der Waals surface area contributed by atoms with E-state index in [0.29, 0.717) is 0 Å². The van der Waals surface area contributed by atoms with E-state index < -0.39 is 0 Å². The van der Waals surface area contributed by atoms with Gasteiger partial charge in [-0.15, -0.1) is 0 Å². The monoisotopic (exact) mass is 251 g/mol. The van der Waals surface area contributed by atoms with Crippen LogP contribution in [0, 0.1) is 0 Å². The van der Waals surface area contributed by atoms with E-state index in [-0.39, 0.29) is 0 Å². The van der Waals surface area contributed by atoms with E-state index in [1.54, 1.807) is 6.21 Å². The lowest BCUT2D eigenvalue weighted by molar-refractivity contribution is 0.267. The Balaban J connectivity index is 1.76. The predicted octanol–water partition coefficient (Wildman–Crippen LogP) is 4.23. The fourth-order valence-corrected chi connectivity index (χ4v) is 2.22. The largest absolute Gasteiger partial charge is 0.279 e. The van der Waals surface area contributed by atoms with Crippen LogP contribution in [-0.4, -0.2) is 17.8 Å². The van der Waals surface area contributed by atoms with E-state index in [1.165, 1.54) is 64.2 Å². The summed E-state index contributed by atoms with van der Waals surface area (Å²) >= 11 is 0. The zero-order chi connectivity index (χ0) is 12.9. The van der Waals surface area contributed by atoms with Gasteiger partial charge in [0.1, 0.15) is 0 Å². The van der Waals surface area contributed by atoms with Crippen LogP contribution in [-0.2, 0) is 0 Å². The smallest absolute Gasteiger partial charge is 0.0503 e. The number of hydrazone groups is 1. The molecule has 0 amide bonds. The molecule has 104 valence electrons. The topological polar surface area (TPSA) is 27.6 Å². The zero-order valence-corrected chi connectivity index (χ0v) is 11.9. The fraction of sp³-hybridized carbons (Fsp3) is 0.800. The number of unbranched alkanes of at least 4 members (excludes halogenated alkanes) is 9. The molecule has 1 aliphatic heterocycles. The van der Waals surface area contributed by atoms with Gasteiger partial charge in [-0.2, -0.15) is 5.10 Å². The Morgan fingerprint density at radius 2 is 1.50 bits per heavy atom. The van der Waals surface area contributed by atoms with Gasteiger partial charge in [-0.1, -0.05) is 64.7 Å². The molecule has 3 heteroatoms. The summed E-state index contributed by atoms with van der Waals surface area (Å²) in [6.45, 7) is 3.34. The molecule has 0 radical (unpaired) electrons. The van der Waals surface area contributed by atoms with Gasteiger partial charge in [0.15, 0.2) is 0 Å². The van der Waals surface area contributed by atoms with Gasteiger partial charge in [-0.25, -0.2) is 5.53 Å². The van der Waals surface area contributed by atoms with Crippen LogP contribution in [0.4, 0.5) is 0 Å². The van der Waals surface area contributed by atoms with Crippen LogP contribution in [0.5, 0.6) is 0 Å². The molecule has 0 bridgehead atoms. The highest BCUT2D eigenvalue weighted by Crippen LogP contribution is 2.10. The van der Waals surface area contributed by atoms with Gasteiger partial charge in [0.05, 0.1) is 6.21 Å². The molecule has 1 heterocycles. The summed E-state index contributed by atoms with van der Waals surface area (Å²) in [6, 6.07) is 0. The highest BCUT2D eigenvalue weighted by Gasteiger charge is 1.98. The molecule has 1 aliphatic rings. The van der Waals surface area contributed by atoms with E-state index in [1.807, 2.05) is 17.3 Å². The molecule has 0 unspecified atom stereocenters. The van der Waals surface area contributed by atoms with Crippen LogP contribution in [0.2, 0.25) is 0 Å². The number of rotatable bonds is 11. The number of nitrogens with one attached hydrogen (secondary N) is 1. The molecule has 0 aliphatic carbocycles. The molecule has 0 atom stereocenters. The normalized spacial score (nSPS) is 13.9. The molecule has 0 aromatic heterocycles. The molecular weight excluding hydrogens is 222 g/mol. The molecular formula is C15H29N3. The third-order valence-corrected chi connectivity index (χ3v) is 3.37. The molecule has 1 N–H and O–H groups in total. The second-order valence-electron chi connectivity index (χ2n) is 5.10. The predicted molar refractivity (Wildman–Crippen MR) is 79.3 cm³/mol. The van der Waals surface area contributed by atoms with Crippen molar-refractivity contribution >= 4 is 6.21 Å². The Hall–Kier alpha value is -0.990. The van der Waals surface area contributed by atoms with E-state index in [0.717, 1.165) is 6.54 Å². The van der Waals surface area contributed by atoms with Crippen molar-refractivity contribution in [3.8, 4) is 0 Å². The maximum absolute atomic E-state index is 3.99. The maximum Gasteiger partial charge on any atom is 0.0503 e. The summed E-state index contributed by atoms with van der Waals surface area (Å²) in [5.41, 5.74) is 2.97. The minimum absolute atomic E-state index is 1.06. The molecule has 0 saturated heterocycles. The average molecular weight is 251 g/mol. The Kier molecular flexibility index (Phi) is 9.31. The Morgan fingerprint density at radius 1 is 0.889 bits per heavy atom. The zero-order valence-electron chi connectivity index (χ0n) is 11.9. The van der Waals surface area contributed by atoms with Crippen LogP contribution in [0.15, 0.2) is 17.4 Å². The van der Waals surface area contributed by atoms with Gasteiger partial charge in [0, 0.05) is 12.7 Å². The second-order valence-corrected chi connectivity index (χ2v) is 5.10. The molecule has 0 saturated carbocycles. The summed E-state index contributed by atoms with van der Waals surface area (Å²) in [4.78, 5) is 0. The minimum atomic E-state index is 1.06. The summed E-state index contributed by atoms with van der Waals surface area (Å²) in [5.74, 6) is 0. The molecule has 0 spiro atoms. The lowest BCUT2D eigenvalue weighted by Crippen LogP contribution is -2.31. The standard InChI is InChI=1S/C15H29N3/c1-2-3-4-5-6-7-8-9-10-11-14-18-15-12-13-16-17-18/h12-13,15,17H,2-11,14H2,1H3. The van der Waals surface area contributed by atoms with Crippen molar-refractivity contribution in [2.45, 2.75) is 71.1 Å². The van der Waals surface area contributed by atoms with E-state index in [2.05, 4.69) is 17.6 Å². The molecule has 1 rings (SSSR count). The Labute approximate surface area is 112 Å². The molecule has 0 aromatic rings. The van der Waals surface area contributed by atoms with Crippen LogP contribution < -0.4 is 5.53 Å². The van der Waals surface area contributed by atoms with Crippen molar-refractivity contribution in [3.63, 3.8) is 0 Å². The summed E-state index contributed by atoms with van der Waals surface area (Å²) in [6.07, 6.45) is 19.7. The minimum Gasteiger partial charge on any atom is -0.279 e. The third-order valence-electron chi connectivity index (χ3n) is 3.37. The third kappa shape index (κ3) is 8.15. The SMILES string of the molecule is CCCCCCCCCCCCN1C=CC=NN1. The fourth-order valence-electron chi connectivity index (χ4n) is 2.22. The van der Waals surface area contributed by atoms with Gasteiger partial charge in [-0.3, -0.25) is 5.01 Å². The average Bonchev–Trinajstić information content (AvgIpc) is 2.42.